The van der Waals surface area contributed by atoms with E-state index in [0.29, 0.717) is 18.9 Å². The first-order valence-corrected chi connectivity index (χ1v) is 10.1. The largest absolute Gasteiger partial charge is 0.295 e. The lowest BCUT2D eigenvalue weighted by atomic mass is 10.2. The van der Waals surface area contributed by atoms with Crippen LogP contribution in [0.2, 0.25) is 0 Å². The summed E-state index contributed by atoms with van der Waals surface area (Å²) in [6.07, 6.45) is 3.46. The highest BCUT2D eigenvalue weighted by Gasteiger charge is 2.19. The van der Waals surface area contributed by atoms with Crippen LogP contribution in [-0.4, -0.2) is 60.1 Å². The fourth-order valence-corrected chi connectivity index (χ4v) is 3.98. The van der Waals surface area contributed by atoms with Gasteiger partial charge in [0, 0.05) is 62.5 Å². The van der Waals surface area contributed by atoms with Gasteiger partial charge < -0.3 is 0 Å². The van der Waals surface area contributed by atoms with Gasteiger partial charge >= 0.3 is 0 Å². The summed E-state index contributed by atoms with van der Waals surface area (Å²) in [5.74, 6) is 0. The summed E-state index contributed by atoms with van der Waals surface area (Å²) >= 11 is 0. The smallest absolute Gasteiger partial charge is 0.271 e. The van der Waals surface area contributed by atoms with Crippen LogP contribution in [-0.2, 0) is 13.2 Å². The van der Waals surface area contributed by atoms with Crippen molar-refractivity contribution in [2.45, 2.75) is 13.2 Å². The highest BCUT2D eigenvalue weighted by molar-refractivity contribution is 5.80. The Kier molecular flexibility index (Phi) is 4.92. The molecule has 10 nitrogen and oxygen atoms in total. The summed E-state index contributed by atoms with van der Waals surface area (Å²) in [4.78, 5) is 32.1. The molecular formula is C21H21N7O3. The molecule has 4 aromatic rings. The minimum atomic E-state index is -0.387. The van der Waals surface area contributed by atoms with Gasteiger partial charge in [-0.3, -0.25) is 33.8 Å². The monoisotopic (exact) mass is 419 g/mol. The Morgan fingerprint density at radius 1 is 1.03 bits per heavy atom. The van der Waals surface area contributed by atoms with E-state index >= 15 is 0 Å². The van der Waals surface area contributed by atoms with E-state index in [1.165, 1.54) is 6.07 Å². The van der Waals surface area contributed by atoms with Crippen molar-refractivity contribution in [2.24, 2.45) is 0 Å². The quantitative estimate of drug-likeness (QED) is 0.359. The second-order valence-corrected chi connectivity index (χ2v) is 7.69. The molecule has 0 N–H and O–H groups in total. The van der Waals surface area contributed by atoms with Crippen LogP contribution in [0.15, 0.2) is 59.7 Å². The Bertz CT molecular complexity index is 1320. The van der Waals surface area contributed by atoms with Crippen LogP contribution >= 0.6 is 0 Å². The molecule has 10 heteroatoms. The molecule has 0 saturated carbocycles. The van der Waals surface area contributed by atoms with Gasteiger partial charge in [0.15, 0.2) is 0 Å². The molecule has 0 aliphatic carbocycles. The Morgan fingerprint density at radius 3 is 2.65 bits per heavy atom. The van der Waals surface area contributed by atoms with Crippen molar-refractivity contribution in [3.63, 3.8) is 0 Å². The summed E-state index contributed by atoms with van der Waals surface area (Å²) in [6, 6.07) is 11.9. The average molecular weight is 419 g/mol. The maximum Gasteiger partial charge on any atom is 0.271 e. The highest BCUT2D eigenvalue weighted by Crippen LogP contribution is 2.21. The third-order valence-corrected chi connectivity index (χ3v) is 5.65. The summed E-state index contributed by atoms with van der Waals surface area (Å²) in [7, 11) is 0. The predicted molar refractivity (Wildman–Crippen MR) is 115 cm³/mol. The lowest BCUT2D eigenvalue weighted by Gasteiger charge is -2.34. The highest BCUT2D eigenvalue weighted by atomic mass is 16.6. The molecule has 0 spiro atoms. The number of fused-ring (bicyclic) bond motifs is 2. The Balaban J connectivity index is 1.24. The Labute approximate surface area is 177 Å². The topological polar surface area (TPSA) is 102 Å². The molecule has 0 atom stereocenters. The molecule has 0 unspecified atom stereocenters. The van der Waals surface area contributed by atoms with Crippen LogP contribution in [0.5, 0.6) is 0 Å². The molecule has 5 rings (SSSR count). The Hall–Kier alpha value is -3.63. The second-order valence-electron chi connectivity index (χ2n) is 7.69. The number of piperazine rings is 1. The standard InChI is InChI=1S/C21H21N7O3/c29-21-11-17(23-20-3-1-2-6-26(20)21)14-24-7-9-25(10-8-24)15-27-19-12-18(28(30)31)5-4-16(19)13-22-27/h1-6,11-13H,7-10,14-15H2. The number of hydrogen-bond acceptors (Lipinski definition) is 7. The molecule has 1 fully saturated rings. The predicted octanol–water partition coefficient (Wildman–Crippen LogP) is 1.73. The fraction of sp³-hybridized carbons (Fsp3) is 0.286. The first-order valence-electron chi connectivity index (χ1n) is 10.1. The third-order valence-electron chi connectivity index (χ3n) is 5.65. The van der Waals surface area contributed by atoms with Crippen LogP contribution in [0.25, 0.3) is 16.6 Å². The molecule has 158 valence electrons. The number of aromatic nitrogens is 4. The van der Waals surface area contributed by atoms with Crippen molar-refractivity contribution < 1.29 is 4.92 Å². The van der Waals surface area contributed by atoms with Crippen molar-refractivity contribution in [1.29, 1.82) is 0 Å². The average Bonchev–Trinajstić information content (AvgIpc) is 3.17. The lowest BCUT2D eigenvalue weighted by Crippen LogP contribution is -2.46. The van der Waals surface area contributed by atoms with Gasteiger partial charge in [-0.1, -0.05) is 6.07 Å². The van der Waals surface area contributed by atoms with E-state index < -0.39 is 0 Å². The van der Waals surface area contributed by atoms with Crippen LogP contribution in [0.1, 0.15) is 5.69 Å². The van der Waals surface area contributed by atoms with Crippen molar-refractivity contribution in [3.05, 3.63) is 81.0 Å². The number of non-ortho nitro benzene ring substituents is 1. The first-order chi connectivity index (χ1) is 15.1. The third kappa shape index (κ3) is 3.90. The second kappa shape index (κ2) is 7.89. The summed E-state index contributed by atoms with van der Waals surface area (Å²) in [6.45, 7) is 4.56. The van der Waals surface area contributed by atoms with Crippen LogP contribution in [0.3, 0.4) is 0 Å². The van der Waals surface area contributed by atoms with Gasteiger partial charge in [-0.15, -0.1) is 0 Å². The normalized spacial score (nSPS) is 15.6. The van der Waals surface area contributed by atoms with Gasteiger partial charge in [0.2, 0.25) is 0 Å². The van der Waals surface area contributed by atoms with Gasteiger partial charge in [-0.05, 0) is 18.2 Å². The zero-order valence-corrected chi connectivity index (χ0v) is 16.8. The van der Waals surface area contributed by atoms with E-state index in [9.17, 15) is 14.9 Å². The van der Waals surface area contributed by atoms with Crippen molar-refractivity contribution in [1.82, 2.24) is 29.0 Å². The van der Waals surface area contributed by atoms with Crippen LogP contribution < -0.4 is 5.56 Å². The molecular weight excluding hydrogens is 398 g/mol. The molecule has 3 aromatic heterocycles. The first kappa shape index (κ1) is 19.3. The fourth-order valence-electron chi connectivity index (χ4n) is 3.98. The number of nitro groups is 1. The Morgan fingerprint density at radius 2 is 1.84 bits per heavy atom. The van der Waals surface area contributed by atoms with E-state index in [0.717, 1.165) is 42.8 Å². The van der Waals surface area contributed by atoms with E-state index in [2.05, 4.69) is 19.9 Å². The zero-order chi connectivity index (χ0) is 21.4. The maximum absolute atomic E-state index is 12.3. The molecule has 0 bridgehead atoms. The van der Waals surface area contributed by atoms with Crippen molar-refractivity contribution in [3.8, 4) is 0 Å². The van der Waals surface area contributed by atoms with Crippen molar-refractivity contribution >= 4 is 22.2 Å². The van der Waals surface area contributed by atoms with E-state index in [1.54, 1.807) is 35.0 Å². The molecule has 0 amide bonds. The van der Waals surface area contributed by atoms with Gasteiger partial charge in [-0.25, -0.2) is 4.98 Å². The van der Waals surface area contributed by atoms with E-state index in [4.69, 9.17) is 0 Å². The minimum Gasteiger partial charge on any atom is -0.295 e. The number of rotatable bonds is 5. The summed E-state index contributed by atoms with van der Waals surface area (Å²) in [5.41, 5.74) is 2.19. The lowest BCUT2D eigenvalue weighted by molar-refractivity contribution is -0.384. The van der Waals surface area contributed by atoms with Crippen molar-refractivity contribution in [2.75, 3.05) is 26.2 Å². The molecule has 4 heterocycles. The van der Waals surface area contributed by atoms with Gasteiger partial charge in [0.25, 0.3) is 11.2 Å². The van der Waals surface area contributed by atoms with Gasteiger partial charge in [0.05, 0.1) is 29.0 Å². The van der Waals surface area contributed by atoms with Crippen LogP contribution in [0.4, 0.5) is 5.69 Å². The number of benzene rings is 1. The number of nitrogens with zero attached hydrogens (tertiary/aromatic N) is 7. The van der Waals surface area contributed by atoms with Crippen LogP contribution in [0, 0.1) is 10.1 Å². The SMILES string of the molecule is O=c1cc(CN2CCN(Cn3ncc4ccc([N+](=O)[O-])cc43)CC2)nc2ccccn12. The maximum atomic E-state index is 12.3. The number of nitro benzene ring substituents is 1. The molecule has 1 aliphatic heterocycles. The molecule has 31 heavy (non-hydrogen) atoms. The molecule has 1 aliphatic rings. The van der Waals surface area contributed by atoms with Gasteiger partial charge in [0.1, 0.15) is 5.65 Å². The summed E-state index contributed by atoms with van der Waals surface area (Å²) in [5, 5.41) is 16.4. The number of hydrogen-bond donors (Lipinski definition) is 0. The van der Waals surface area contributed by atoms with Gasteiger partial charge in [-0.2, -0.15) is 5.10 Å². The molecule has 1 aromatic carbocycles. The minimum absolute atomic E-state index is 0.0675. The number of pyridine rings is 1. The molecule has 0 radical (unpaired) electrons. The zero-order valence-electron chi connectivity index (χ0n) is 16.8. The molecule has 1 saturated heterocycles. The van der Waals surface area contributed by atoms with E-state index in [-0.39, 0.29) is 16.2 Å². The van der Waals surface area contributed by atoms with E-state index in [1.807, 2.05) is 22.9 Å². The summed E-state index contributed by atoms with van der Waals surface area (Å²) < 4.78 is 3.35.